The zero-order chi connectivity index (χ0) is 11.0. The highest BCUT2D eigenvalue weighted by Crippen LogP contribution is 2.34. The van der Waals surface area contributed by atoms with Crippen molar-refractivity contribution in [2.45, 2.75) is 38.3 Å². The number of carbonyl (C=O) groups is 1. The first-order valence-electron chi connectivity index (χ1n) is 5.73. The first kappa shape index (κ1) is 10.9. The molecule has 4 heteroatoms. The predicted octanol–water partition coefficient (Wildman–Crippen LogP) is 0.552. The molecule has 1 saturated carbocycles. The van der Waals surface area contributed by atoms with Gasteiger partial charge in [0, 0.05) is 19.1 Å². The second-order valence-electron chi connectivity index (χ2n) is 5.04. The zero-order valence-electron chi connectivity index (χ0n) is 9.09. The Morgan fingerprint density at radius 3 is 2.53 bits per heavy atom. The Balaban J connectivity index is 1.95. The molecular formula is C11H19NO3. The van der Waals surface area contributed by atoms with Crippen LogP contribution in [0, 0.1) is 11.8 Å². The maximum Gasteiger partial charge on any atom is 0.308 e. The van der Waals surface area contributed by atoms with Crippen LogP contribution in [0.5, 0.6) is 0 Å². The number of likely N-dealkylation sites (tertiary alicyclic amines) is 1. The third kappa shape index (κ3) is 2.16. The predicted molar refractivity (Wildman–Crippen MR) is 55.5 cm³/mol. The molecule has 0 spiro atoms. The average molecular weight is 213 g/mol. The summed E-state index contributed by atoms with van der Waals surface area (Å²) < 4.78 is 0. The molecule has 2 N–H and O–H groups in total. The summed E-state index contributed by atoms with van der Waals surface area (Å²) in [5, 5.41) is 18.6. The van der Waals surface area contributed by atoms with Crippen LogP contribution in [0.4, 0.5) is 0 Å². The number of hydrogen-bond donors (Lipinski definition) is 2. The molecule has 0 aromatic carbocycles. The van der Waals surface area contributed by atoms with Crippen LogP contribution in [-0.4, -0.2) is 46.3 Å². The molecule has 0 bridgehead atoms. The number of β-amino-alcohol motifs (C(OH)–C–C–N with tert-alkyl or cyclic N) is 1. The second-order valence-corrected chi connectivity index (χ2v) is 5.04. The van der Waals surface area contributed by atoms with E-state index in [2.05, 4.69) is 11.8 Å². The van der Waals surface area contributed by atoms with Crippen molar-refractivity contribution in [1.29, 1.82) is 0 Å². The SMILES string of the molecule is CC1CC(O)CN(C2CCC2C(=O)O)C1. The summed E-state index contributed by atoms with van der Waals surface area (Å²) in [6.07, 6.45) is 2.34. The highest BCUT2D eigenvalue weighted by atomic mass is 16.4. The number of nitrogens with zero attached hydrogens (tertiary/aromatic N) is 1. The molecular weight excluding hydrogens is 194 g/mol. The lowest BCUT2D eigenvalue weighted by Crippen LogP contribution is -2.55. The summed E-state index contributed by atoms with van der Waals surface area (Å²) in [5.41, 5.74) is 0. The lowest BCUT2D eigenvalue weighted by Gasteiger charge is -2.46. The summed E-state index contributed by atoms with van der Waals surface area (Å²) >= 11 is 0. The summed E-state index contributed by atoms with van der Waals surface area (Å²) in [4.78, 5) is 13.1. The van der Waals surface area contributed by atoms with E-state index in [4.69, 9.17) is 5.11 Å². The first-order valence-corrected chi connectivity index (χ1v) is 5.73. The van der Waals surface area contributed by atoms with Crippen LogP contribution in [0.2, 0.25) is 0 Å². The van der Waals surface area contributed by atoms with Crippen LogP contribution in [0.15, 0.2) is 0 Å². The van der Waals surface area contributed by atoms with E-state index in [1.165, 1.54) is 0 Å². The van der Waals surface area contributed by atoms with Gasteiger partial charge in [-0.3, -0.25) is 9.69 Å². The highest BCUT2D eigenvalue weighted by molar-refractivity contribution is 5.72. The van der Waals surface area contributed by atoms with E-state index < -0.39 is 5.97 Å². The molecule has 0 radical (unpaired) electrons. The molecule has 2 rings (SSSR count). The van der Waals surface area contributed by atoms with Gasteiger partial charge < -0.3 is 10.2 Å². The number of carboxylic acid groups (broad SMARTS) is 1. The number of aliphatic hydroxyl groups excluding tert-OH is 1. The molecule has 1 aliphatic carbocycles. The fraction of sp³-hybridized carbons (Fsp3) is 0.909. The summed E-state index contributed by atoms with van der Waals surface area (Å²) in [7, 11) is 0. The molecule has 0 aromatic heterocycles. The minimum Gasteiger partial charge on any atom is -0.481 e. The Morgan fingerprint density at radius 1 is 1.33 bits per heavy atom. The van der Waals surface area contributed by atoms with Gasteiger partial charge in [-0.2, -0.15) is 0 Å². The zero-order valence-corrected chi connectivity index (χ0v) is 9.09. The maximum absolute atomic E-state index is 10.9. The third-order valence-electron chi connectivity index (χ3n) is 3.69. The lowest BCUT2D eigenvalue weighted by molar-refractivity contribution is -0.150. The maximum atomic E-state index is 10.9. The molecule has 15 heavy (non-hydrogen) atoms. The van der Waals surface area contributed by atoms with Crippen LogP contribution in [0.25, 0.3) is 0 Å². The number of hydrogen-bond acceptors (Lipinski definition) is 3. The van der Waals surface area contributed by atoms with Gasteiger partial charge in [0.15, 0.2) is 0 Å². The topological polar surface area (TPSA) is 60.8 Å². The fourth-order valence-corrected chi connectivity index (χ4v) is 2.84. The lowest BCUT2D eigenvalue weighted by atomic mass is 9.77. The Hall–Kier alpha value is -0.610. The molecule has 1 saturated heterocycles. The molecule has 0 aromatic rings. The molecule has 1 aliphatic heterocycles. The van der Waals surface area contributed by atoms with E-state index in [0.717, 1.165) is 25.8 Å². The molecule has 86 valence electrons. The second kappa shape index (κ2) is 4.10. The fourth-order valence-electron chi connectivity index (χ4n) is 2.84. The van der Waals surface area contributed by atoms with Crippen molar-refractivity contribution in [3.8, 4) is 0 Å². The Bertz CT molecular complexity index is 246. The van der Waals surface area contributed by atoms with Crippen molar-refractivity contribution in [3.05, 3.63) is 0 Å². The Morgan fingerprint density at radius 2 is 2.07 bits per heavy atom. The molecule has 4 nitrogen and oxygen atoms in total. The molecule has 1 heterocycles. The highest BCUT2D eigenvalue weighted by Gasteiger charge is 2.42. The number of aliphatic carboxylic acids is 1. The van der Waals surface area contributed by atoms with Gasteiger partial charge in [-0.05, 0) is 25.2 Å². The van der Waals surface area contributed by atoms with Crippen molar-refractivity contribution in [2.24, 2.45) is 11.8 Å². The van der Waals surface area contributed by atoms with Crippen molar-refractivity contribution < 1.29 is 15.0 Å². The van der Waals surface area contributed by atoms with E-state index in [9.17, 15) is 9.90 Å². The largest absolute Gasteiger partial charge is 0.481 e. The number of piperidine rings is 1. The molecule has 0 amide bonds. The van der Waals surface area contributed by atoms with E-state index >= 15 is 0 Å². The minimum atomic E-state index is -0.682. The van der Waals surface area contributed by atoms with Gasteiger partial charge in [0.25, 0.3) is 0 Å². The van der Waals surface area contributed by atoms with Gasteiger partial charge >= 0.3 is 5.97 Å². The Labute approximate surface area is 89.9 Å². The van der Waals surface area contributed by atoms with E-state index in [-0.39, 0.29) is 18.1 Å². The van der Waals surface area contributed by atoms with Crippen LogP contribution >= 0.6 is 0 Å². The Kier molecular flexibility index (Phi) is 2.98. The molecule has 4 atom stereocenters. The normalized spacial score (nSPS) is 42.3. The van der Waals surface area contributed by atoms with Gasteiger partial charge in [-0.15, -0.1) is 0 Å². The van der Waals surface area contributed by atoms with Crippen LogP contribution < -0.4 is 0 Å². The van der Waals surface area contributed by atoms with Crippen LogP contribution in [0.3, 0.4) is 0 Å². The van der Waals surface area contributed by atoms with Crippen molar-refractivity contribution in [2.75, 3.05) is 13.1 Å². The third-order valence-corrected chi connectivity index (χ3v) is 3.69. The number of carboxylic acids is 1. The first-order chi connectivity index (χ1) is 7.08. The van der Waals surface area contributed by atoms with Gasteiger partial charge in [0.2, 0.25) is 0 Å². The average Bonchev–Trinajstić information content (AvgIpc) is 1.97. The summed E-state index contributed by atoms with van der Waals surface area (Å²) in [5.74, 6) is -0.412. The smallest absolute Gasteiger partial charge is 0.308 e. The van der Waals surface area contributed by atoms with E-state index in [0.29, 0.717) is 12.5 Å². The van der Waals surface area contributed by atoms with Crippen molar-refractivity contribution in [3.63, 3.8) is 0 Å². The summed E-state index contributed by atoms with van der Waals surface area (Å²) in [6, 6.07) is 0.167. The standard InChI is InChI=1S/C11H19NO3/c1-7-4-8(13)6-12(5-7)10-3-2-9(10)11(14)15/h7-10,13H,2-6H2,1H3,(H,14,15). The van der Waals surface area contributed by atoms with Gasteiger partial charge in [0.1, 0.15) is 0 Å². The van der Waals surface area contributed by atoms with Crippen molar-refractivity contribution in [1.82, 2.24) is 4.90 Å². The van der Waals surface area contributed by atoms with E-state index in [1.807, 2.05) is 0 Å². The van der Waals surface area contributed by atoms with Gasteiger partial charge in [0.05, 0.1) is 12.0 Å². The molecule has 4 unspecified atom stereocenters. The number of rotatable bonds is 2. The monoisotopic (exact) mass is 213 g/mol. The van der Waals surface area contributed by atoms with Crippen molar-refractivity contribution >= 4 is 5.97 Å². The van der Waals surface area contributed by atoms with Gasteiger partial charge in [-0.25, -0.2) is 0 Å². The number of aliphatic hydroxyl groups is 1. The molecule has 2 fully saturated rings. The van der Waals surface area contributed by atoms with Gasteiger partial charge in [-0.1, -0.05) is 6.92 Å². The molecule has 2 aliphatic rings. The van der Waals surface area contributed by atoms with Crippen LogP contribution in [-0.2, 0) is 4.79 Å². The van der Waals surface area contributed by atoms with Crippen LogP contribution in [0.1, 0.15) is 26.2 Å². The van der Waals surface area contributed by atoms with E-state index in [1.54, 1.807) is 0 Å². The minimum absolute atomic E-state index is 0.167. The quantitative estimate of drug-likeness (QED) is 0.703. The summed E-state index contributed by atoms with van der Waals surface area (Å²) in [6.45, 7) is 3.70.